The molecule has 0 saturated heterocycles. The molecule has 0 heterocycles. The summed E-state index contributed by atoms with van der Waals surface area (Å²) in [5.74, 6) is 0. The van der Waals surface area contributed by atoms with Gasteiger partial charge in [0, 0.05) is 0 Å². The van der Waals surface area contributed by atoms with Crippen molar-refractivity contribution in [2.75, 3.05) is 0 Å². The third-order valence-electron chi connectivity index (χ3n) is 3.19. The summed E-state index contributed by atoms with van der Waals surface area (Å²) in [5, 5.41) is 9.41. The standard InChI is InChI=1S/C16H20O/c1-16(2,3)15-10-13(8-9-14(15)11-17)12-6-4-5-7-12/h4,6-10,17H,5,11H2,1-3H3. The fraction of sp³-hybridized carbons (Fsp3) is 0.375. The molecule has 0 saturated carbocycles. The van der Waals surface area contributed by atoms with Gasteiger partial charge in [-0.2, -0.15) is 0 Å². The topological polar surface area (TPSA) is 20.2 Å². The molecule has 0 amide bonds. The highest BCUT2D eigenvalue weighted by Gasteiger charge is 2.18. The van der Waals surface area contributed by atoms with E-state index in [1.165, 1.54) is 16.7 Å². The Morgan fingerprint density at radius 2 is 2.00 bits per heavy atom. The lowest BCUT2D eigenvalue weighted by molar-refractivity contribution is 0.278. The smallest absolute Gasteiger partial charge is 0.0684 e. The third-order valence-corrected chi connectivity index (χ3v) is 3.19. The summed E-state index contributed by atoms with van der Waals surface area (Å²) in [4.78, 5) is 0. The van der Waals surface area contributed by atoms with Gasteiger partial charge in [0.1, 0.15) is 0 Å². The molecular weight excluding hydrogens is 208 g/mol. The van der Waals surface area contributed by atoms with E-state index in [-0.39, 0.29) is 12.0 Å². The van der Waals surface area contributed by atoms with Gasteiger partial charge in [0.2, 0.25) is 0 Å². The van der Waals surface area contributed by atoms with E-state index < -0.39 is 0 Å². The van der Waals surface area contributed by atoms with Gasteiger partial charge in [-0.15, -0.1) is 0 Å². The molecule has 1 aromatic rings. The van der Waals surface area contributed by atoms with Gasteiger partial charge in [-0.25, -0.2) is 0 Å². The molecule has 1 heteroatoms. The predicted molar refractivity (Wildman–Crippen MR) is 72.8 cm³/mol. The van der Waals surface area contributed by atoms with Crippen LogP contribution in [0.5, 0.6) is 0 Å². The van der Waals surface area contributed by atoms with Crippen LogP contribution in [0.25, 0.3) is 5.57 Å². The fourth-order valence-electron chi connectivity index (χ4n) is 2.26. The molecule has 0 atom stereocenters. The molecule has 2 rings (SSSR count). The molecule has 1 aliphatic rings. The minimum atomic E-state index is 0.0664. The zero-order valence-electron chi connectivity index (χ0n) is 10.8. The van der Waals surface area contributed by atoms with Crippen molar-refractivity contribution >= 4 is 5.57 Å². The summed E-state index contributed by atoms with van der Waals surface area (Å²) in [5.41, 5.74) is 4.88. The SMILES string of the molecule is CC(C)(C)c1cc(C2=CCC=C2)ccc1CO. The summed E-state index contributed by atoms with van der Waals surface area (Å²) in [6, 6.07) is 6.36. The molecule has 0 spiro atoms. The Balaban J connectivity index is 2.48. The second-order valence-corrected chi connectivity index (χ2v) is 5.58. The third kappa shape index (κ3) is 2.50. The van der Waals surface area contributed by atoms with Crippen molar-refractivity contribution in [3.8, 4) is 0 Å². The van der Waals surface area contributed by atoms with Gasteiger partial charge in [-0.3, -0.25) is 0 Å². The molecular formula is C16H20O. The lowest BCUT2D eigenvalue weighted by Crippen LogP contribution is -2.14. The van der Waals surface area contributed by atoms with E-state index in [2.05, 4.69) is 51.1 Å². The van der Waals surface area contributed by atoms with E-state index in [1.807, 2.05) is 6.07 Å². The molecule has 90 valence electrons. The molecule has 1 nitrogen and oxygen atoms in total. The van der Waals surface area contributed by atoms with Crippen LogP contribution in [0.3, 0.4) is 0 Å². The number of allylic oxidation sites excluding steroid dienone is 4. The maximum Gasteiger partial charge on any atom is 0.0684 e. The van der Waals surface area contributed by atoms with Gasteiger partial charge in [0.05, 0.1) is 6.61 Å². The minimum absolute atomic E-state index is 0.0664. The Labute approximate surface area is 103 Å². The van der Waals surface area contributed by atoms with Crippen molar-refractivity contribution in [2.45, 2.75) is 39.2 Å². The number of hydrogen-bond donors (Lipinski definition) is 1. The van der Waals surface area contributed by atoms with Crippen molar-refractivity contribution in [1.29, 1.82) is 0 Å². The van der Waals surface area contributed by atoms with Crippen LogP contribution in [-0.2, 0) is 12.0 Å². The van der Waals surface area contributed by atoms with E-state index in [4.69, 9.17) is 0 Å². The summed E-state index contributed by atoms with van der Waals surface area (Å²) < 4.78 is 0. The van der Waals surface area contributed by atoms with Crippen molar-refractivity contribution in [3.63, 3.8) is 0 Å². The minimum Gasteiger partial charge on any atom is -0.392 e. The van der Waals surface area contributed by atoms with Crippen LogP contribution in [0.15, 0.2) is 36.4 Å². The van der Waals surface area contributed by atoms with Gasteiger partial charge < -0.3 is 5.11 Å². The number of aliphatic hydroxyl groups excluding tert-OH is 1. The van der Waals surface area contributed by atoms with Crippen LogP contribution in [0.4, 0.5) is 0 Å². The number of benzene rings is 1. The number of rotatable bonds is 2. The maximum absolute atomic E-state index is 9.41. The molecule has 17 heavy (non-hydrogen) atoms. The highest BCUT2D eigenvalue weighted by Crippen LogP contribution is 2.30. The first kappa shape index (κ1) is 12.1. The van der Waals surface area contributed by atoms with Crippen LogP contribution in [-0.4, -0.2) is 5.11 Å². The molecule has 1 aromatic carbocycles. The Morgan fingerprint density at radius 3 is 2.53 bits per heavy atom. The van der Waals surface area contributed by atoms with Crippen molar-refractivity contribution in [1.82, 2.24) is 0 Å². The first-order valence-electron chi connectivity index (χ1n) is 6.13. The molecule has 0 fully saturated rings. The van der Waals surface area contributed by atoms with Gasteiger partial charge in [-0.1, -0.05) is 57.2 Å². The molecule has 0 unspecified atom stereocenters. The van der Waals surface area contributed by atoms with Crippen molar-refractivity contribution in [2.24, 2.45) is 0 Å². The molecule has 0 radical (unpaired) electrons. The molecule has 1 aliphatic carbocycles. The highest BCUT2D eigenvalue weighted by atomic mass is 16.3. The number of aliphatic hydroxyl groups is 1. The van der Waals surface area contributed by atoms with E-state index in [0.717, 1.165) is 12.0 Å². The zero-order valence-corrected chi connectivity index (χ0v) is 10.8. The second-order valence-electron chi connectivity index (χ2n) is 5.58. The second kappa shape index (κ2) is 4.50. The van der Waals surface area contributed by atoms with Crippen LogP contribution >= 0.6 is 0 Å². The summed E-state index contributed by atoms with van der Waals surface area (Å²) in [6.07, 6.45) is 7.61. The zero-order chi connectivity index (χ0) is 12.5. The van der Waals surface area contributed by atoms with Gasteiger partial charge in [0.25, 0.3) is 0 Å². The Hall–Kier alpha value is -1.34. The van der Waals surface area contributed by atoms with Crippen molar-refractivity contribution < 1.29 is 5.11 Å². The average Bonchev–Trinajstić information content (AvgIpc) is 2.80. The fourth-order valence-corrected chi connectivity index (χ4v) is 2.26. The average molecular weight is 228 g/mol. The van der Waals surface area contributed by atoms with Gasteiger partial charge in [-0.05, 0) is 34.1 Å². The summed E-state index contributed by atoms with van der Waals surface area (Å²) in [7, 11) is 0. The van der Waals surface area contributed by atoms with E-state index in [9.17, 15) is 5.11 Å². The molecule has 1 N–H and O–H groups in total. The molecule has 0 aromatic heterocycles. The van der Waals surface area contributed by atoms with E-state index in [0.29, 0.717) is 0 Å². The first-order chi connectivity index (χ1) is 8.02. The van der Waals surface area contributed by atoms with Gasteiger partial charge in [0.15, 0.2) is 0 Å². The normalized spacial score (nSPS) is 15.2. The van der Waals surface area contributed by atoms with Crippen LogP contribution in [0.2, 0.25) is 0 Å². The van der Waals surface area contributed by atoms with Crippen molar-refractivity contribution in [3.05, 3.63) is 53.1 Å². The van der Waals surface area contributed by atoms with Crippen LogP contribution < -0.4 is 0 Å². The quantitative estimate of drug-likeness (QED) is 0.816. The Kier molecular flexibility index (Phi) is 3.21. The lowest BCUT2D eigenvalue weighted by Gasteiger charge is -2.23. The maximum atomic E-state index is 9.41. The summed E-state index contributed by atoms with van der Waals surface area (Å²) in [6.45, 7) is 6.67. The van der Waals surface area contributed by atoms with E-state index in [1.54, 1.807) is 0 Å². The predicted octanol–water partition coefficient (Wildman–Crippen LogP) is 3.82. The number of hydrogen-bond acceptors (Lipinski definition) is 1. The monoisotopic (exact) mass is 228 g/mol. The van der Waals surface area contributed by atoms with Crippen LogP contribution in [0, 0.1) is 0 Å². The Morgan fingerprint density at radius 1 is 1.24 bits per heavy atom. The summed E-state index contributed by atoms with van der Waals surface area (Å²) >= 11 is 0. The van der Waals surface area contributed by atoms with E-state index >= 15 is 0 Å². The lowest BCUT2D eigenvalue weighted by atomic mass is 9.82. The molecule has 0 bridgehead atoms. The van der Waals surface area contributed by atoms with Crippen LogP contribution in [0.1, 0.15) is 43.9 Å². The molecule has 0 aliphatic heterocycles. The highest BCUT2D eigenvalue weighted by molar-refractivity contribution is 5.76. The first-order valence-corrected chi connectivity index (χ1v) is 6.13. The largest absolute Gasteiger partial charge is 0.392 e. The van der Waals surface area contributed by atoms with Gasteiger partial charge >= 0.3 is 0 Å². The Bertz CT molecular complexity index is 473.